The zero-order valence-electron chi connectivity index (χ0n) is 19.0. The molecule has 0 aliphatic heterocycles. The number of carbonyl (C=O) groups excluding carboxylic acids is 1. The summed E-state index contributed by atoms with van der Waals surface area (Å²) in [4.78, 5) is 47.5. The van der Waals surface area contributed by atoms with E-state index in [4.69, 9.17) is 4.42 Å². The molecular weight excluding hydrogens is 450 g/mol. The molecule has 2 aromatic carbocycles. The van der Waals surface area contributed by atoms with Crippen molar-refractivity contribution in [3.05, 3.63) is 111 Å². The van der Waals surface area contributed by atoms with E-state index < -0.39 is 17.2 Å². The van der Waals surface area contributed by atoms with Crippen LogP contribution in [-0.2, 0) is 17.8 Å². The Morgan fingerprint density at radius 2 is 1.77 bits per heavy atom. The number of methoxy groups -OCH3 is 1. The maximum Gasteiger partial charge on any atom is 0.360 e. The molecule has 5 rings (SSSR count). The molecule has 0 radical (unpaired) electrons. The van der Waals surface area contributed by atoms with E-state index in [9.17, 15) is 14.4 Å². The number of imidazole rings is 1. The average molecular weight is 471 g/mol. The summed E-state index contributed by atoms with van der Waals surface area (Å²) in [5, 5.41) is 0. The highest BCUT2D eigenvalue weighted by Gasteiger charge is 2.21. The molecule has 0 saturated carbocycles. The van der Waals surface area contributed by atoms with Crippen molar-refractivity contribution in [1.82, 2.24) is 23.7 Å². The molecule has 3 heterocycles. The van der Waals surface area contributed by atoms with Crippen LogP contribution >= 0.6 is 0 Å². The minimum absolute atomic E-state index is 0.0187. The fourth-order valence-electron chi connectivity index (χ4n) is 3.96. The minimum Gasteiger partial charge on any atom is -0.464 e. The predicted octanol–water partition coefficient (Wildman–Crippen LogP) is 2.53. The zero-order valence-corrected chi connectivity index (χ0v) is 19.0. The third kappa shape index (κ3) is 3.95. The summed E-state index contributed by atoms with van der Waals surface area (Å²) in [6.07, 6.45) is 2.65. The lowest BCUT2D eigenvalue weighted by atomic mass is 10.2. The van der Waals surface area contributed by atoms with Crippen LogP contribution in [0.15, 0.2) is 81.2 Å². The number of rotatable bonds is 6. The van der Waals surface area contributed by atoms with Gasteiger partial charge in [-0.2, -0.15) is 0 Å². The van der Waals surface area contributed by atoms with Crippen LogP contribution in [0, 0.1) is 6.92 Å². The van der Waals surface area contributed by atoms with Crippen LogP contribution in [0.25, 0.3) is 16.9 Å². The van der Waals surface area contributed by atoms with Gasteiger partial charge in [0.15, 0.2) is 16.9 Å². The summed E-state index contributed by atoms with van der Waals surface area (Å²) in [6, 6.07) is 16.7. The van der Waals surface area contributed by atoms with E-state index in [1.807, 2.05) is 61.5 Å². The molecule has 10 heteroatoms. The molecule has 0 unspecified atom stereocenters. The second-order valence-electron chi connectivity index (χ2n) is 7.94. The van der Waals surface area contributed by atoms with E-state index in [-0.39, 0.29) is 35.8 Å². The molecule has 3 aromatic heterocycles. The average Bonchev–Trinajstić information content (AvgIpc) is 3.51. The van der Waals surface area contributed by atoms with Gasteiger partial charge in [0.05, 0.1) is 25.7 Å². The number of esters is 1. The Kier molecular flexibility index (Phi) is 5.61. The highest BCUT2D eigenvalue weighted by Crippen LogP contribution is 2.18. The summed E-state index contributed by atoms with van der Waals surface area (Å²) >= 11 is 0. The van der Waals surface area contributed by atoms with Crippen molar-refractivity contribution in [2.45, 2.75) is 20.0 Å². The Hall–Kier alpha value is -4.73. The van der Waals surface area contributed by atoms with E-state index in [0.29, 0.717) is 5.69 Å². The van der Waals surface area contributed by atoms with Gasteiger partial charge in [-0.05, 0) is 24.1 Å². The Bertz CT molecular complexity index is 1660. The first-order valence-electron chi connectivity index (χ1n) is 10.8. The fraction of sp³-hybridized carbons (Fsp3) is 0.160. The Balaban J connectivity index is 1.72. The number of fused-ring (bicyclic) bond motifs is 1. The first-order valence-corrected chi connectivity index (χ1v) is 10.8. The van der Waals surface area contributed by atoms with Crippen LogP contribution in [-0.4, -0.2) is 36.7 Å². The van der Waals surface area contributed by atoms with Gasteiger partial charge in [0.1, 0.15) is 12.8 Å². The molecule has 5 aromatic rings. The van der Waals surface area contributed by atoms with Gasteiger partial charge in [-0.25, -0.2) is 24.1 Å². The lowest BCUT2D eigenvalue weighted by molar-refractivity contribution is 0.0594. The first-order chi connectivity index (χ1) is 17.0. The normalized spacial score (nSPS) is 11.1. The molecule has 0 N–H and O–H groups in total. The van der Waals surface area contributed by atoms with Crippen molar-refractivity contribution in [1.29, 1.82) is 0 Å². The van der Waals surface area contributed by atoms with Gasteiger partial charge in [0.2, 0.25) is 5.89 Å². The smallest absolute Gasteiger partial charge is 0.360 e. The second-order valence-corrected chi connectivity index (χ2v) is 7.94. The monoisotopic (exact) mass is 471 g/mol. The van der Waals surface area contributed by atoms with Gasteiger partial charge < -0.3 is 13.7 Å². The number of hydrogen-bond acceptors (Lipinski definition) is 7. The van der Waals surface area contributed by atoms with Gasteiger partial charge in [-0.1, -0.05) is 48.5 Å². The second kappa shape index (κ2) is 8.90. The van der Waals surface area contributed by atoms with Gasteiger partial charge in [-0.3, -0.25) is 9.36 Å². The maximum absolute atomic E-state index is 13.6. The molecule has 176 valence electrons. The molecule has 0 aliphatic rings. The number of para-hydroxylation sites is 1. The maximum atomic E-state index is 13.6. The van der Waals surface area contributed by atoms with Crippen molar-refractivity contribution < 1.29 is 13.9 Å². The third-order valence-electron chi connectivity index (χ3n) is 5.69. The van der Waals surface area contributed by atoms with Crippen molar-refractivity contribution in [2.75, 3.05) is 7.11 Å². The third-order valence-corrected chi connectivity index (χ3v) is 5.69. The molecule has 0 saturated heterocycles. The van der Waals surface area contributed by atoms with Crippen molar-refractivity contribution in [3.8, 4) is 5.69 Å². The molecule has 0 spiro atoms. The van der Waals surface area contributed by atoms with Crippen molar-refractivity contribution in [2.24, 2.45) is 0 Å². The van der Waals surface area contributed by atoms with Gasteiger partial charge in [-0.15, -0.1) is 0 Å². The number of oxazole rings is 1. The van der Waals surface area contributed by atoms with E-state index in [1.165, 1.54) is 28.8 Å². The van der Waals surface area contributed by atoms with E-state index in [2.05, 4.69) is 14.7 Å². The molecule has 0 fully saturated rings. The van der Waals surface area contributed by atoms with Crippen LogP contribution in [0.1, 0.15) is 27.5 Å². The summed E-state index contributed by atoms with van der Waals surface area (Å²) < 4.78 is 14.3. The van der Waals surface area contributed by atoms with Gasteiger partial charge in [0.25, 0.3) is 5.56 Å². The number of nitrogens with zero attached hydrogens (tertiary/aromatic N) is 5. The lowest BCUT2D eigenvalue weighted by Crippen LogP contribution is -2.40. The number of ether oxygens (including phenoxy) is 1. The predicted molar refractivity (Wildman–Crippen MR) is 127 cm³/mol. The Labute approximate surface area is 198 Å². The number of hydrogen-bond donors (Lipinski definition) is 0. The molecule has 0 bridgehead atoms. The molecule has 0 amide bonds. The topological polar surface area (TPSA) is 114 Å². The van der Waals surface area contributed by atoms with Crippen LogP contribution < -0.4 is 11.2 Å². The number of aryl methyl sites for hydroxylation is 1. The quantitative estimate of drug-likeness (QED) is 0.350. The van der Waals surface area contributed by atoms with Crippen LogP contribution in [0.3, 0.4) is 0 Å². The molecule has 0 atom stereocenters. The Morgan fingerprint density at radius 1 is 1.03 bits per heavy atom. The van der Waals surface area contributed by atoms with Crippen LogP contribution in [0.5, 0.6) is 0 Å². The van der Waals surface area contributed by atoms with Crippen molar-refractivity contribution >= 4 is 17.1 Å². The molecule has 0 aliphatic carbocycles. The molecule has 35 heavy (non-hydrogen) atoms. The lowest BCUT2D eigenvalue weighted by Gasteiger charge is -2.14. The SMILES string of the molecule is COC(=O)c1coc(Cn2cnc3c2c(=O)n(Cc2ccccc2)c(=O)n3-c2ccccc2C)n1. The minimum atomic E-state index is -0.630. The van der Waals surface area contributed by atoms with Crippen LogP contribution in [0.4, 0.5) is 0 Å². The summed E-state index contributed by atoms with van der Waals surface area (Å²) in [6.45, 7) is 2.01. The summed E-state index contributed by atoms with van der Waals surface area (Å²) in [5.74, 6) is -0.443. The summed E-state index contributed by atoms with van der Waals surface area (Å²) in [7, 11) is 1.25. The van der Waals surface area contributed by atoms with E-state index >= 15 is 0 Å². The van der Waals surface area contributed by atoms with E-state index in [0.717, 1.165) is 11.1 Å². The first kappa shape index (κ1) is 22.1. The Morgan fingerprint density at radius 3 is 2.51 bits per heavy atom. The number of aromatic nitrogens is 5. The van der Waals surface area contributed by atoms with Gasteiger partial charge in [0, 0.05) is 0 Å². The number of carbonyl (C=O) groups is 1. The van der Waals surface area contributed by atoms with E-state index in [1.54, 1.807) is 4.57 Å². The molecule has 10 nitrogen and oxygen atoms in total. The van der Waals surface area contributed by atoms with Crippen LogP contribution in [0.2, 0.25) is 0 Å². The highest BCUT2D eigenvalue weighted by atomic mass is 16.5. The zero-order chi connectivity index (χ0) is 24.5. The van der Waals surface area contributed by atoms with Gasteiger partial charge >= 0.3 is 11.7 Å². The van der Waals surface area contributed by atoms with Crippen molar-refractivity contribution in [3.63, 3.8) is 0 Å². The number of benzene rings is 2. The highest BCUT2D eigenvalue weighted by molar-refractivity contribution is 5.86. The largest absolute Gasteiger partial charge is 0.464 e. The fourth-order valence-corrected chi connectivity index (χ4v) is 3.96. The standard InChI is InChI=1S/C25H21N5O5/c1-16-8-6-7-11-19(16)30-22-21(23(31)29(25(30)33)12-17-9-4-3-5-10-17)28(15-26-22)13-20-27-18(14-35-20)24(32)34-2/h3-11,14-15H,12-13H2,1-2H3. The molecular formula is C25H21N5O5. The summed E-state index contributed by atoms with van der Waals surface area (Å²) in [5.41, 5.74) is 1.75.